The van der Waals surface area contributed by atoms with Gasteiger partial charge in [-0.15, -0.1) is 5.10 Å². The molecule has 96 valence electrons. The Bertz CT molecular complexity index is 562. The smallest absolute Gasteiger partial charge is 0.251 e. The van der Waals surface area contributed by atoms with Crippen LogP contribution in [0.2, 0.25) is 0 Å². The minimum absolute atomic E-state index is 0.164. The molecule has 1 heterocycles. The normalized spacial score (nSPS) is 12.6. The second kappa shape index (κ2) is 5.14. The highest BCUT2D eigenvalue weighted by atomic mass is 16.3. The molecule has 0 spiro atoms. The largest absolute Gasteiger partial charge is 0.393 e. The number of hydrogen-bond acceptors (Lipinski definition) is 4. The standard InChI is InChI=1S/C12H16N4O2/c1-8(17)5-6-13-12(18)9-3-4-11-10(7-9)14-15-16(11)2/h3-4,7-8,17H,5-6H2,1-2H3,(H,13,18). The molecule has 0 saturated heterocycles. The first-order chi connectivity index (χ1) is 8.58. The molecular formula is C12H16N4O2. The van der Waals surface area contributed by atoms with E-state index in [9.17, 15) is 4.79 Å². The van der Waals surface area contributed by atoms with E-state index in [1.807, 2.05) is 6.07 Å². The summed E-state index contributed by atoms with van der Waals surface area (Å²) in [5, 5.41) is 19.7. The molecule has 6 heteroatoms. The van der Waals surface area contributed by atoms with Gasteiger partial charge in [-0.3, -0.25) is 4.79 Å². The summed E-state index contributed by atoms with van der Waals surface area (Å²) in [6, 6.07) is 5.27. The minimum Gasteiger partial charge on any atom is -0.393 e. The molecular weight excluding hydrogens is 232 g/mol. The lowest BCUT2D eigenvalue weighted by atomic mass is 10.2. The summed E-state index contributed by atoms with van der Waals surface area (Å²) < 4.78 is 1.66. The van der Waals surface area contributed by atoms with Crippen molar-refractivity contribution in [3.8, 4) is 0 Å². The van der Waals surface area contributed by atoms with Crippen molar-refractivity contribution in [3.05, 3.63) is 23.8 Å². The Kier molecular flexibility index (Phi) is 3.57. The Labute approximate surface area is 105 Å². The highest BCUT2D eigenvalue weighted by molar-refractivity contribution is 5.97. The molecule has 0 aliphatic rings. The van der Waals surface area contributed by atoms with E-state index >= 15 is 0 Å². The van der Waals surface area contributed by atoms with Gasteiger partial charge in [0.25, 0.3) is 5.91 Å². The summed E-state index contributed by atoms with van der Waals surface area (Å²) >= 11 is 0. The van der Waals surface area contributed by atoms with Crippen molar-refractivity contribution >= 4 is 16.9 Å². The molecule has 0 aliphatic carbocycles. The first-order valence-corrected chi connectivity index (χ1v) is 5.83. The summed E-state index contributed by atoms with van der Waals surface area (Å²) in [6.45, 7) is 2.15. The van der Waals surface area contributed by atoms with Gasteiger partial charge in [0.1, 0.15) is 5.52 Å². The number of aliphatic hydroxyl groups is 1. The van der Waals surface area contributed by atoms with E-state index in [-0.39, 0.29) is 5.91 Å². The van der Waals surface area contributed by atoms with Gasteiger partial charge in [0.2, 0.25) is 0 Å². The van der Waals surface area contributed by atoms with Crippen molar-refractivity contribution in [2.75, 3.05) is 6.54 Å². The molecule has 18 heavy (non-hydrogen) atoms. The maximum Gasteiger partial charge on any atom is 0.251 e. The van der Waals surface area contributed by atoms with Crippen LogP contribution in [-0.4, -0.2) is 38.7 Å². The number of carbonyl (C=O) groups is 1. The van der Waals surface area contributed by atoms with Gasteiger partial charge >= 0.3 is 0 Å². The first-order valence-electron chi connectivity index (χ1n) is 5.83. The number of carbonyl (C=O) groups excluding carboxylic acids is 1. The zero-order valence-corrected chi connectivity index (χ0v) is 10.4. The summed E-state index contributed by atoms with van der Waals surface area (Å²) in [6.07, 6.45) is 0.131. The zero-order valence-electron chi connectivity index (χ0n) is 10.4. The monoisotopic (exact) mass is 248 g/mol. The number of nitrogens with zero attached hydrogens (tertiary/aromatic N) is 3. The third-order valence-corrected chi connectivity index (χ3v) is 2.72. The molecule has 0 saturated carbocycles. The first kappa shape index (κ1) is 12.5. The number of aliphatic hydroxyl groups excluding tert-OH is 1. The fraction of sp³-hybridized carbons (Fsp3) is 0.417. The lowest BCUT2D eigenvalue weighted by Crippen LogP contribution is -2.26. The molecule has 1 amide bonds. The minimum atomic E-state index is -0.409. The molecule has 0 fully saturated rings. The molecule has 2 N–H and O–H groups in total. The average molecular weight is 248 g/mol. The van der Waals surface area contributed by atoms with E-state index in [1.54, 1.807) is 30.8 Å². The number of aromatic nitrogens is 3. The molecule has 1 unspecified atom stereocenters. The lowest BCUT2D eigenvalue weighted by Gasteiger charge is -2.06. The maximum absolute atomic E-state index is 11.8. The average Bonchev–Trinajstić information content (AvgIpc) is 2.70. The number of aryl methyl sites for hydroxylation is 1. The van der Waals surface area contributed by atoms with E-state index in [2.05, 4.69) is 15.6 Å². The van der Waals surface area contributed by atoms with E-state index < -0.39 is 6.10 Å². The molecule has 1 atom stereocenters. The number of amides is 1. The van der Waals surface area contributed by atoms with Crippen LogP contribution in [0.1, 0.15) is 23.7 Å². The van der Waals surface area contributed by atoms with Gasteiger partial charge in [0.15, 0.2) is 0 Å². The fourth-order valence-electron chi connectivity index (χ4n) is 1.68. The van der Waals surface area contributed by atoms with Gasteiger partial charge in [0.05, 0.1) is 11.6 Å². The molecule has 0 aliphatic heterocycles. The predicted octanol–water partition coefficient (Wildman–Crippen LogP) is 0.469. The van der Waals surface area contributed by atoms with Gasteiger partial charge in [-0.05, 0) is 31.5 Å². The van der Waals surface area contributed by atoms with Gasteiger partial charge in [-0.25, -0.2) is 4.68 Å². The van der Waals surface area contributed by atoms with Gasteiger partial charge in [-0.2, -0.15) is 0 Å². The fourth-order valence-corrected chi connectivity index (χ4v) is 1.68. The summed E-state index contributed by atoms with van der Waals surface area (Å²) in [7, 11) is 1.80. The summed E-state index contributed by atoms with van der Waals surface area (Å²) in [5.41, 5.74) is 2.13. The third kappa shape index (κ3) is 2.65. The van der Waals surface area contributed by atoms with Gasteiger partial charge in [0, 0.05) is 19.2 Å². The molecule has 6 nitrogen and oxygen atoms in total. The second-order valence-electron chi connectivity index (χ2n) is 4.31. The maximum atomic E-state index is 11.8. The zero-order chi connectivity index (χ0) is 13.1. The van der Waals surface area contributed by atoms with E-state index in [0.29, 0.717) is 24.0 Å². The third-order valence-electron chi connectivity index (χ3n) is 2.72. The Morgan fingerprint density at radius 2 is 2.33 bits per heavy atom. The summed E-state index contributed by atoms with van der Waals surface area (Å²) in [4.78, 5) is 11.8. The lowest BCUT2D eigenvalue weighted by molar-refractivity contribution is 0.0945. The van der Waals surface area contributed by atoms with Crippen LogP contribution in [0.15, 0.2) is 18.2 Å². The highest BCUT2D eigenvalue weighted by Gasteiger charge is 2.08. The van der Waals surface area contributed by atoms with Crippen LogP contribution in [0, 0.1) is 0 Å². The SMILES string of the molecule is CC(O)CCNC(=O)c1ccc2c(c1)nnn2C. The van der Waals surface area contributed by atoms with Gasteiger partial charge < -0.3 is 10.4 Å². The number of rotatable bonds is 4. The van der Waals surface area contributed by atoms with Crippen LogP contribution >= 0.6 is 0 Å². The number of hydrogen-bond donors (Lipinski definition) is 2. The van der Waals surface area contributed by atoms with Crippen molar-refractivity contribution in [3.63, 3.8) is 0 Å². The molecule has 2 aromatic rings. The Hall–Kier alpha value is -1.95. The predicted molar refractivity (Wildman–Crippen MR) is 67.1 cm³/mol. The Balaban J connectivity index is 2.08. The van der Waals surface area contributed by atoms with Gasteiger partial charge in [-0.1, -0.05) is 5.21 Å². The molecule has 0 bridgehead atoms. The van der Waals surface area contributed by atoms with Crippen molar-refractivity contribution in [2.24, 2.45) is 7.05 Å². The van der Waals surface area contributed by atoms with Crippen LogP contribution in [0.3, 0.4) is 0 Å². The van der Waals surface area contributed by atoms with Crippen molar-refractivity contribution in [1.82, 2.24) is 20.3 Å². The van der Waals surface area contributed by atoms with Crippen LogP contribution in [-0.2, 0) is 7.05 Å². The highest BCUT2D eigenvalue weighted by Crippen LogP contribution is 2.12. The number of benzene rings is 1. The molecule has 1 aromatic carbocycles. The van der Waals surface area contributed by atoms with E-state index in [1.165, 1.54) is 0 Å². The molecule has 0 radical (unpaired) electrons. The van der Waals surface area contributed by atoms with Crippen molar-refractivity contribution in [2.45, 2.75) is 19.4 Å². The number of fused-ring (bicyclic) bond motifs is 1. The second-order valence-corrected chi connectivity index (χ2v) is 4.31. The Morgan fingerprint density at radius 1 is 1.56 bits per heavy atom. The van der Waals surface area contributed by atoms with Crippen LogP contribution in [0.5, 0.6) is 0 Å². The Morgan fingerprint density at radius 3 is 3.06 bits per heavy atom. The van der Waals surface area contributed by atoms with Crippen molar-refractivity contribution < 1.29 is 9.90 Å². The van der Waals surface area contributed by atoms with E-state index in [0.717, 1.165) is 5.52 Å². The molecule has 1 aromatic heterocycles. The summed E-state index contributed by atoms with van der Waals surface area (Å²) in [5.74, 6) is -0.164. The van der Waals surface area contributed by atoms with Crippen molar-refractivity contribution in [1.29, 1.82) is 0 Å². The van der Waals surface area contributed by atoms with Crippen LogP contribution < -0.4 is 5.32 Å². The molecule has 2 rings (SSSR count). The number of nitrogens with one attached hydrogen (secondary N) is 1. The van der Waals surface area contributed by atoms with Crippen LogP contribution in [0.4, 0.5) is 0 Å². The van der Waals surface area contributed by atoms with Crippen LogP contribution in [0.25, 0.3) is 11.0 Å². The van der Waals surface area contributed by atoms with E-state index in [4.69, 9.17) is 5.11 Å². The quantitative estimate of drug-likeness (QED) is 0.824. The topological polar surface area (TPSA) is 80.0 Å².